The zero-order valence-corrected chi connectivity index (χ0v) is 12.6. The van der Waals surface area contributed by atoms with E-state index in [1.165, 1.54) is 0 Å². The fraction of sp³-hybridized carbons (Fsp3) is 0. The number of carbonyl (C=O) groups is 1. The molecule has 0 aliphatic heterocycles. The van der Waals surface area contributed by atoms with Crippen molar-refractivity contribution in [2.75, 3.05) is 5.32 Å². The molecule has 3 rings (SSSR count). The molecule has 110 valence electrons. The smallest absolute Gasteiger partial charge is 0.280 e. The largest absolute Gasteiger partial charge is 0.505 e. The molecule has 7 heteroatoms. The van der Waals surface area contributed by atoms with Gasteiger partial charge in [0.15, 0.2) is 11.4 Å². The Balaban J connectivity index is 1.99. The minimum absolute atomic E-state index is 0.185. The number of nitrogens with one attached hydrogen (secondary N) is 1. The predicted molar refractivity (Wildman–Crippen MR) is 85.6 cm³/mol. The van der Waals surface area contributed by atoms with Crippen LogP contribution in [0.3, 0.4) is 0 Å². The van der Waals surface area contributed by atoms with Gasteiger partial charge in [0.05, 0.1) is 21.2 Å². The van der Waals surface area contributed by atoms with Crippen molar-refractivity contribution in [3.05, 3.63) is 58.2 Å². The number of aromatic nitrogens is 2. The Bertz CT molecular complexity index is 884. The van der Waals surface area contributed by atoms with Crippen LogP contribution in [0.25, 0.3) is 10.9 Å². The molecule has 3 aromatic rings. The van der Waals surface area contributed by atoms with Crippen LogP contribution in [0.5, 0.6) is 5.75 Å². The molecule has 0 aliphatic carbocycles. The van der Waals surface area contributed by atoms with E-state index < -0.39 is 5.91 Å². The van der Waals surface area contributed by atoms with Gasteiger partial charge in [-0.1, -0.05) is 41.4 Å². The van der Waals surface area contributed by atoms with Crippen LogP contribution in [-0.2, 0) is 0 Å². The van der Waals surface area contributed by atoms with E-state index in [2.05, 4.69) is 15.5 Å². The van der Waals surface area contributed by atoms with E-state index in [1.807, 2.05) is 0 Å². The third-order valence-corrected chi connectivity index (χ3v) is 3.87. The molecule has 0 radical (unpaired) electrons. The maximum Gasteiger partial charge on any atom is 0.280 e. The zero-order chi connectivity index (χ0) is 15.7. The summed E-state index contributed by atoms with van der Waals surface area (Å²) < 4.78 is 0. The molecule has 0 spiro atoms. The number of anilines is 1. The molecule has 2 aromatic carbocycles. The summed E-state index contributed by atoms with van der Waals surface area (Å²) in [5.41, 5.74) is 0.639. The van der Waals surface area contributed by atoms with Gasteiger partial charge in [0.25, 0.3) is 5.91 Å². The summed E-state index contributed by atoms with van der Waals surface area (Å²) in [5, 5.41) is 21.4. The van der Waals surface area contributed by atoms with E-state index in [-0.39, 0.29) is 16.5 Å². The molecular formula is C15H9Cl2N3O2. The standard InChI is InChI=1S/C15H9Cl2N3O2/c16-9-5-3-7-11(12(9)17)18-15(22)13-14(21)8-4-1-2-6-10(8)19-20-13/h1-7H,(H,18,22)(H,19,21). The van der Waals surface area contributed by atoms with Crippen molar-refractivity contribution < 1.29 is 9.90 Å². The van der Waals surface area contributed by atoms with E-state index in [0.29, 0.717) is 21.6 Å². The van der Waals surface area contributed by atoms with Crippen molar-refractivity contribution in [1.82, 2.24) is 10.2 Å². The lowest BCUT2D eigenvalue weighted by molar-refractivity contribution is 0.101. The molecule has 1 heterocycles. The van der Waals surface area contributed by atoms with Crippen molar-refractivity contribution in [1.29, 1.82) is 0 Å². The number of aromatic hydroxyl groups is 1. The zero-order valence-electron chi connectivity index (χ0n) is 11.0. The van der Waals surface area contributed by atoms with Crippen molar-refractivity contribution in [3.8, 4) is 5.75 Å². The van der Waals surface area contributed by atoms with Gasteiger partial charge >= 0.3 is 0 Å². The molecule has 1 amide bonds. The third kappa shape index (κ3) is 2.56. The summed E-state index contributed by atoms with van der Waals surface area (Å²) in [6.07, 6.45) is 0. The second-order valence-electron chi connectivity index (χ2n) is 4.47. The topological polar surface area (TPSA) is 75.1 Å². The van der Waals surface area contributed by atoms with Gasteiger partial charge < -0.3 is 10.4 Å². The summed E-state index contributed by atoms with van der Waals surface area (Å²) >= 11 is 11.9. The lowest BCUT2D eigenvalue weighted by Gasteiger charge is -2.09. The maximum atomic E-state index is 12.3. The number of amides is 1. The summed E-state index contributed by atoms with van der Waals surface area (Å²) in [6, 6.07) is 11.7. The van der Waals surface area contributed by atoms with Crippen LogP contribution in [-0.4, -0.2) is 21.2 Å². The molecule has 0 unspecified atom stereocenters. The first-order valence-corrected chi connectivity index (χ1v) is 7.03. The molecule has 0 fully saturated rings. The van der Waals surface area contributed by atoms with Crippen molar-refractivity contribution in [2.45, 2.75) is 0 Å². The van der Waals surface area contributed by atoms with Gasteiger partial charge in [-0.05, 0) is 24.3 Å². The van der Waals surface area contributed by atoms with Gasteiger partial charge in [0, 0.05) is 5.39 Å². The molecular weight excluding hydrogens is 325 g/mol. The highest BCUT2D eigenvalue weighted by atomic mass is 35.5. The third-order valence-electron chi connectivity index (χ3n) is 3.06. The van der Waals surface area contributed by atoms with E-state index in [1.54, 1.807) is 42.5 Å². The SMILES string of the molecule is O=C(Nc1cccc(Cl)c1Cl)c1nnc2ccccc2c1O. The Morgan fingerprint density at radius 3 is 2.64 bits per heavy atom. The lowest BCUT2D eigenvalue weighted by atomic mass is 10.2. The highest BCUT2D eigenvalue weighted by molar-refractivity contribution is 6.44. The summed E-state index contributed by atoms with van der Waals surface area (Å²) in [5.74, 6) is -0.860. The number of hydrogen-bond donors (Lipinski definition) is 2. The first kappa shape index (κ1) is 14.6. The van der Waals surface area contributed by atoms with Crippen molar-refractivity contribution >= 4 is 45.7 Å². The van der Waals surface area contributed by atoms with Gasteiger partial charge in [-0.3, -0.25) is 4.79 Å². The predicted octanol–water partition coefficient (Wildman–Crippen LogP) is 3.89. The molecule has 0 saturated heterocycles. The van der Waals surface area contributed by atoms with Crippen LogP contribution in [0.2, 0.25) is 10.0 Å². The molecule has 0 saturated carbocycles. The van der Waals surface area contributed by atoms with Crippen LogP contribution < -0.4 is 5.32 Å². The Morgan fingerprint density at radius 1 is 1.05 bits per heavy atom. The monoisotopic (exact) mass is 333 g/mol. The van der Waals surface area contributed by atoms with E-state index in [9.17, 15) is 9.90 Å². The van der Waals surface area contributed by atoms with Gasteiger partial charge in [-0.2, -0.15) is 0 Å². The summed E-state index contributed by atoms with van der Waals surface area (Å²) in [6.45, 7) is 0. The normalized spacial score (nSPS) is 10.6. The van der Waals surface area contributed by atoms with Crippen LogP contribution in [0.4, 0.5) is 5.69 Å². The quantitative estimate of drug-likeness (QED) is 0.745. The minimum Gasteiger partial charge on any atom is -0.505 e. The number of carbonyl (C=O) groups excluding carboxylic acids is 1. The molecule has 5 nitrogen and oxygen atoms in total. The Labute approximate surface area is 135 Å². The molecule has 0 atom stereocenters. The first-order valence-electron chi connectivity index (χ1n) is 6.27. The van der Waals surface area contributed by atoms with Gasteiger partial charge in [-0.15, -0.1) is 10.2 Å². The average molecular weight is 334 g/mol. The second kappa shape index (κ2) is 5.79. The molecule has 0 bridgehead atoms. The Kier molecular flexibility index (Phi) is 3.83. The second-order valence-corrected chi connectivity index (χ2v) is 5.26. The van der Waals surface area contributed by atoms with Crippen LogP contribution in [0, 0.1) is 0 Å². The highest BCUT2D eigenvalue weighted by Crippen LogP contribution is 2.31. The van der Waals surface area contributed by atoms with E-state index >= 15 is 0 Å². The number of fused-ring (bicyclic) bond motifs is 1. The molecule has 1 aromatic heterocycles. The number of halogens is 2. The minimum atomic E-state index is -0.625. The Morgan fingerprint density at radius 2 is 1.82 bits per heavy atom. The Hall–Kier alpha value is -2.37. The lowest BCUT2D eigenvalue weighted by Crippen LogP contribution is -2.15. The van der Waals surface area contributed by atoms with E-state index in [4.69, 9.17) is 23.2 Å². The van der Waals surface area contributed by atoms with Gasteiger partial charge in [0.2, 0.25) is 0 Å². The van der Waals surface area contributed by atoms with Crippen molar-refractivity contribution in [3.63, 3.8) is 0 Å². The van der Waals surface area contributed by atoms with Gasteiger partial charge in [0.1, 0.15) is 0 Å². The number of benzene rings is 2. The van der Waals surface area contributed by atoms with Crippen molar-refractivity contribution in [2.24, 2.45) is 0 Å². The fourth-order valence-electron chi connectivity index (χ4n) is 1.97. The van der Waals surface area contributed by atoms with Crippen LogP contribution in [0.1, 0.15) is 10.5 Å². The average Bonchev–Trinajstić information content (AvgIpc) is 2.52. The van der Waals surface area contributed by atoms with Gasteiger partial charge in [-0.25, -0.2) is 0 Å². The summed E-state index contributed by atoms with van der Waals surface area (Å²) in [7, 11) is 0. The fourth-order valence-corrected chi connectivity index (χ4v) is 2.32. The highest BCUT2D eigenvalue weighted by Gasteiger charge is 2.18. The molecule has 22 heavy (non-hydrogen) atoms. The summed E-state index contributed by atoms with van der Waals surface area (Å²) in [4.78, 5) is 12.3. The number of hydrogen-bond acceptors (Lipinski definition) is 4. The maximum absolute atomic E-state index is 12.3. The van der Waals surface area contributed by atoms with Crippen LogP contribution >= 0.6 is 23.2 Å². The number of nitrogens with zero attached hydrogens (tertiary/aromatic N) is 2. The molecule has 2 N–H and O–H groups in total. The first-order chi connectivity index (χ1) is 10.6. The number of rotatable bonds is 2. The van der Waals surface area contributed by atoms with E-state index in [0.717, 1.165) is 0 Å². The van der Waals surface area contributed by atoms with Crippen LogP contribution in [0.15, 0.2) is 42.5 Å². The molecule has 0 aliphatic rings.